The van der Waals surface area contributed by atoms with Crippen molar-refractivity contribution in [1.29, 1.82) is 0 Å². The summed E-state index contributed by atoms with van der Waals surface area (Å²) in [7, 11) is -2.20. The Morgan fingerprint density at radius 1 is 1.29 bits per heavy atom. The molecule has 0 saturated carbocycles. The molecule has 0 unspecified atom stereocenters. The number of rotatable bonds is 6. The van der Waals surface area contributed by atoms with Crippen molar-refractivity contribution in [2.45, 2.75) is 6.54 Å². The van der Waals surface area contributed by atoms with Gasteiger partial charge in [-0.25, -0.2) is 0 Å². The molecule has 4 N–H and O–H groups in total. The maximum Gasteiger partial charge on any atom is 0.317 e. The second kappa shape index (κ2) is 6.51. The zero-order chi connectivity index (χ0) is 12.8. The van der Waals surface area contributed by atoms with Crippen LogP contribution in [0.2, 0.25) is 0 Å². The van der Waals surface area contributed by atoms with E-state index in [0.717, 1.165) is 0 Å². The fourth-order valence-corrected chi connectivity index (χ4v) is 1.97. The molecule has 17 heavy (non-hydrogen) atoms. The average molecular weight is 259 g/mol. The van der Waals surface area contributed by atoms with Crippen molar-refractivity contribution in [3.8, 4) is 5.75 Å². The van der Waals surface area contributed by atoms with Crippen LogP contribution in [-0.4, -0.2) is 43.7 Å². The molecule has 0 spiro atoms. The van der Waals surface area contributed by atoms with Crippen molar-refractivity contribution in [3.63, 3.8) is 0 Å². The number of aliphatic carboxylic acids is 1. The quantitative estimate of drug-likeness (QED) is 0.556. The van der Waals surface area contributed by atoms with Gasteiger partial charge < -0.3 is 20.0 Å². The zero-order valence-corrected chi connectivity index (χ0v) is 9.92. The van der Waals surface area contributed by atoms with Gasteiger partial charge >= 0.3 is 5.97 Å². The van der Waals surface area contributed by atoms with Crippen molar-refractivity contribution in [3.05, 3.63) is 29.8 Å². The minimum atomic E-state index is -2.20. The van der Waals surface area contributed by atoms with Crippen LogP contribution >= 0.6 is 8.38 Å². The van der Waals surface area contributed by atoms with Crippen LogP contribution in [0.3, 0.4) is 0 Å². The van der Waals surface area contributed by atoms with Gasteiger partial charge in [0, 0.05) is 12.1 Å². The smallest absolute Gasteiger partial charge is 0.317 e. The topological polar surface area (TPSA) is 101 Å². The number of hydrogen-bond acceptors (Lipinski definition) is 5. The van der Waals surface area contributed by atoms with E-state index in [1.54, 1.807) is 18.2 Å². The van der Waals surface area contributed by atoms with E-state index in [-0.39, 0.29) is 25.1 Å². The molecular weight excluding hydrogens is 245 g/mol. The fourth-order valence-electron chi connectivity index (χ4n) is 1.41. The summed E-state index contributed by atoms with van der Waals surface area (Å²) in [6.07, 6.45) is -0.129. The third-order valence-electron chi connectivity index (χ3n) is 2.07. The van der Waals surface area contributed by atoms with Crippen LogP contribution < -0.4 is 0 Å². The summed E-state index contributed by atoms with van der Waals surface area (Å²) < 4.78 is 0. The van der Waals surface area contributed by atoms with Crippen LogP contribution in [0.4, 0.5) is 0 Å². The second-order valence-corrected chi connectivity index (χ2v) is 4.55. The maximum absolute atomic E-state index is 10.6. The Balaban J connectivity index is 2.71. The third kappa shape index (κ3) is 5.10. The molecule has 0 atom stereocenters. The first-order valence-corrected chi connectivity index (χ1v) is 6.28. The normalized spacial score (nSPS) is 11.1. The monoisotopic (exact) mass is 259 g/mol. The van der Waals surface area contributed by atoms with Gasteiger partial charge in [0.2, 0.25) is 0 Å². The van der Waals surface area contributed by atoms with Gasteiger partial charge in [-0.1, -0.05) is 18.2 Å². The number of aromatic hydroxyl groups is 1. The van der Waals surface area contributed by atoms with E-state index in [2.05, 4.69) is 0 Å². The van der Waals surface area contributed by atoms with E-state index in [0.29, 0.717) is 5.56 Å². The van der Waals surface area contributed by atoms with Crippen LogP contribution in [0, 0.1) is 0 Å². The first-order chi connectivity index (χ1) is 7.99. The van der Waals surface area contributed by atoms with Crippen LogP contribution in [0.1, 0.15) is 5.56 Å². The predicted octanol–water partition coefficient (Wildman–Crippen LogP) is 0.533. The van der Waals surface area contributed by atoms with Crippen molar-refractivity contribution in [1.82, 2.24) is 4.90 Å². The lowest BCUT2D eigenvalue weighted by Gasteiger charge is -2.20. The minimum absolute atomic E-state index is 0.0584. The molecule has 0 aliphatic carbocycles. The molecule has 7 heteroatoms. The second-order valence-electron chi connectivity index (χ2n) is 3.52. The molecular formula is C10H14NO5P. The molecule has 1 aromatic rings. The molecule has 0 bridgehead atoms. The molecule has 1 rings (SSSR count). The number of hydrogen-bond donors (Lipinski definition) is 4. The van der Waals surface area contributed by atoms with Gasteiger partial charge in [-0.3, -0.25) is 9.69 Å². The van der Waals surface area contributed by atoms with Crippen molar-refractivity contribution < 1.29 is 24.8 Å². The Morgan fingerprint density at radius 3 is 2.47 bits per heavy atom. The van der Waals surface area contributed by atoms with Crippen molar-refractivity contribution >= 4 is 14.3 Å². The third-order valence-corrected chi connectivity index (χ3v) is 2.72. The first kappa shape index (κ1) is 13.9. The Labute approximate surface area is 99.7 Å². The van der Waals surface area contributed by atoms with E-state index in [4.69, 9.17) is 14.9 Å². The van der Waals surface area contributed by atoms with E-state index < -0.39 is 14.3 Å². The number of carboxylic acids is 1. The van der Waals surface area contributed by atoms with E-state index >= 15 is 0 Å². The number of nitrogens with zero attached hydrogens (tertiary/aromatic N) is 1. The van der Waals surface area contributed by atoms with Gasteiger partial charge in [0.25, 0.3) is 0 Å². The van der Waals surface area contributed by atoms with Crippen molar-refractivity contribution in [2.24, 2.45) is 0 Å². The van der Waals surface area contributed by atoms with Gasteiger partial charge in [-0.15, -0.1) is 0 Å². The minimum Gasteiger partial charge on any atom is -0.508 e. The van der Waals surface area contributed by atoms with Gasteiger partial charge in [0.1, 0.15) is 5.75 Å². The molecule has 0 aliphatic heterocycles. The highest BCUT2D eigenvalue weighted by atomic mass is 31.2. The summed E-state index contributed by atoms with van der Waals surface area (Å²) in [5.74, 6) is -1.000. The first-order valence-electron chi connectivity index (χ1n) is 4.85. The average Bonchev–Trinajstić information content (AvgIpc) is 2.19. The van der Waals surface area contributed by atoms with Gasteiger partial charge in [-0.2, -0.15) is 0 Å². The highest BCUT2D eigenvalue weighted by molar-refractivity contribution is 7.44. The summed E-state index contributed by atoms with van der Waals surface area (Å²) in [5, 5.41) is 18.2. The lowest BCUT2D eigenvalue weighted by atomic mass is 10.2. The van der Waals surface area contributed by atoms with E-state index in [1.807, 2.05) is 0 Å². The zero-order valence-electron chi connectivity index (χ0n) is 9.02. The summed E-state index contributed by atoms with van der Waals surface area (Å²) in [5.41, 5.74) is 0.547. The molecule has 94 valence electrons. The summed E-state index contributed by atoms with van der Waals surface area (Å²) in [6, 6.07) is 6.52. The number of carboxylic acid groups (broad SMARTS) is 1. The Kier molecular flexibility index (Phi) is 5.31. The standard InChI is InChI=1S/C10H14NO5P/c12-9-4-2-1-3-8(9)5-11(6-10(13)14)7-17(15)16/h1-4,12,15-16H,5-7H2,(H,13,14). The SMILES string of the molecule is O=C(O)CN(Cc1ccccc1O)CP(O)O. The maximum atomic E-state index is 10.6. The number of phenolic OH excluding ortho intramolecular Hbond substituents is 1. The molecule has 0 heterocycles. The molecule has 0 radical (unpaired) electrons. The largest absolute Gasteiger partial charge is 0.508 e. The lowest BCUT2D eigenvalue weighted by Crippen LogP contribution is -2.29. The Bertz CT molecular complexity index is 385. The highest BCUT2D eigenvalue weighted by Crippen LogP contribution is 2.26. The Morgan fingerprint density at radius 2 is 1.94 bits per heavy atom. The number of para-hydroxylation sites is 1. The van der Waals surface area contributed by atoms with Crippen LogP contribution in [0.5, 0.6) is 5.75 Å². The molecule has 6 nitrogen and oxygen atoms in total. The van der Waals surface area contributed by atoms with Gasteiger partial charge in [0.05, 0.1) is 12.8 Å². The fraction of sp³-hybridized carbons (Fsp3) is 0.300. The van der Waals surface area contributed by atoms with Crippen molar-refractivity contribution in [2.75, 3.05) is 12.8 Å². The van der Waals surface area contributed by atoms with E-state index in [1.165, 1.54) is 11.0 Å². The molecule has 0 aromatic heterocycles. The number of carbonyl (C=O) groups is 1. The van der Waals surface area contributed by atoms with Gasteiger partial charge in [-0.05, 0) is 6.07 Å². The predicted molar refractivity (Wildman–Crippen MR) is 62.4 cm³/mol. The lowest BCUT2D eigenvalue weighted by molar-refractivity contribution is -0.138. The van der Waals surface area contributed by atoms with Crippen LogP contribution in [0.15, 0.2) is 24.3 Å². The highest BCUT2D eigenvalue weighted by Gasteiger charge is 2.15. The summed E-state index contributed by atoms with van der Waals surface area (Å²) >= 11 is 0. The molecule has 0 fully saturated rings. The number of benzene rings is 1. The molecule has 0 saturated heterocycles. The molecule has 0 amide bonds. The number of phenols is 1. The van der Waals surface area contributed by atoms with Gasteiger partial charge in [0.15, 0.2) is 8.38 Å². The molecule has 1 aromatic carbocycles. The van der Waals surface area contributed by atoms with Crippen LogP contribution in [-0.2, 0) is 11.3 Å². The summed E-state index contributed by atoms with van der Waals surface area (Å²) in [6.45, 7) is -0.160. The summed E-state index contributed by atoms with van der Waals surface area (Å²) in [4.78, 5) is 29.8. The Hall–Kier alpha value is -1.20. The van der Waals surface area contributed by atoms with E-state index in [9.17, 15) is 9.90 Å². The molecule has 0 aliphatic rings. The van der Waals surface area contributed by atoms with Crippen LogP contribution in [0.25, 0.3) is 0 Å².